The molecule has 15 nitrogen and oxygen atoms in total. The second-order valence-electron chi connectivity index (χ2n) is 16.7. The summed E-state index contributed by atoms with van der Waals surface area (Å²) in [4.78, 5) is 64.0. The minimum absolute atomic E-state index is 0.0366. The molecule has 8 rings (SSSR count). The van der Waals surface area contributed by atoms with Crippen molar-refractivity contribution in [2.24, 2.45) is 17.8 Å². The molecule has 2 aromatic rings. The number of hydrogen-bond donors (Lipinski definition) is 2. The van der Waals surface area contributed by atoms with Gasteiger partial charge in [0.25, 0.3) is 0 Å². The standard InChI is InChI=1S/C43H56ClN5O10/c1-3-56-36-23-35(31-11-12-34(37(44)38(31)46-36)57-18-15-48-13-16-55-17-14-48)58-30-22-33-39(50)47-43(41(52)54-2)24-28(43)9-7-5-4-6-8-10-32(40(51)49(33)25-30)45-42(53)59-29-20-26-19-27(26)21-29/h7,9,11-12,23,26-30,32-33H,3-6,8,10,13-22,24-25H2,1-2H3,(H,45,53)(H,47,50)/b9-7-/t26-,27+,28-,29?,30-,32+,33+,43-/m1/s1. The number of aromatic nitrogens is 1. The van der Waals surface area contributed by atoms with Gasteiger partial charge in [0.1, 0.15) is 58.5 Å². The molecule has 2 N–H and O–H groups in total. The van der Waals surface area contributed by atoms with Gasteiger partial charge < -0.3 is 44.0 Å². The first-order valence-corrected chi connectivity index (χ1v) is 21.7. The maximum absolute atomic E-state index is 14.7. The minimum atomic E-state index is -1.23. The second kappa shape index (κ2) is 18.1. The summed E-state index contributed by atoms with van der Waals surface area (Å²) in [5.74, 6) is 0.755. The lowest BCUT2D eigenvalue weighted by atomic mass is 10.0. The Morgan fingerprint density at radius 3 is 2.63 bits per heavy atom. The van der Waals surface area contributed by atoms with Crippen molar-refractivity contribution in [1.82, 2.24) is 25.4 Å². The molecular formula is C43H56ClN5O10. The molecule has 3 aliphatic heterocycles. The third-order valence-electron chi connectivity index (χ3n) is 12.7. The Kier molecular flexibility index (Phi) is 12.7. The molecule has 2 saturated heterocycles. The molecule has 1 unspecified atom stereocenters. The third kappa shape index (κ3) is 9.36. The van der Waals surface area contributed by atoms with E-state index in [1.807, 2.05) is 25.1 Å². The van der Waals surface area contributed by atoms with Crippen LogP contribution < -0.4 is 24.8 Å². The van der Waals surface area contributed by atoms with E-state index in [0.29, 0.717) is 90.8 Å². The molecule has 0 radical (unpaired) electrons. The molecule has 5 fully saturated rings. The van der Waals surface area contributed by atoms with Gasteiger partial charge >= 0.3 is 12.1 Å². The van der Waals surface area contributed by atoms with Crippen molar-refractivity contribution in [1.29, 1.82) is 0 Å². The smallest absolute Gasteiger partial charge is 0.408 e. The number of nitrogens with zero attached hydrogens (tertiary/aromatic N) is 3. The number of carbonyl (C=O) groups is 4. The highest BCUT2D eigenvalue weighted by Crippen LogP contribution is 2.52. The molecule has 4 heterocycles. The zero-order valence-corrected chi connectivity index (χ0v) is 34.7. The Bertz CT molecular complexity index is 1920. The summed E-state index contributed by atoms with van der Waals surface area (Å²) in [6, 6.07) is 3.35. The van der Waals surface area contributed by atoms with Gasteiger partial charge in [0, 0.05) is 43.4 Å². The minimum Gasteiger partial charge on any atom is -0.491 e. The summed E-state index contributed by atoms with van der Waals surface area (Å²) in [7, 11) is 1.31. The van der Waals surface area contributed by atoms with Crippen LogP contribution in [0.4, 0.5) is 4.79 Å². The van der Waals surface area contributed by atoms with Crippen LogP contribution in [0.3, 0.4) is 0 Å². The van der Waals surface area contributed by atoms with Crippen LogP contribution >= 0.6 is 11.6 Å². The number of morpholine rings is 1. The SMILES string of the molecule is CCOc1cc(O[C@@H]2C[C@H]3C(=O)N[C@]4(C(=O)OC)C[C@H]4/C=C\CCCCC[C@H](NC(=O)OC4C[C@@H]5C[C@@H]5C4)C(=O)N3C2)c2ccc(OCCN3CCOCC3)c(Cl)c2n1. The van der Waals surface area contributed by atoms with Crippen LogP contribution in [0.2, 0.25) is 5.02 Å². The van der Waals surface area contributed by atoms with E-state index in [1.54, 1.807) is 12.1 Å². The van der Waals surface area contributed by atoms with Crippen LogP contribution in [-0.2, 0) is 28.6 Å². The fraction of sp³-hybridized carbons (Fsp3) is 0.651. The molecule has 320 valence electrons. The van der Waals surface area contributed by atoms with Gasteiger partial charge in [-0.15, -0.1) is 0 Å². The highest BCUT2D eigenvalue weighted by atomic mass is 35.5. The van der Waals surface area contributed by atoms with Gasteiger partial charge in [-0.25, -0.2) is 14.6 Å². The monoisotopic (exact) mass is 837 g/mol. The average molecular weight is 838 g/mol. The Balaban J connectivity index is 1.05. The van der Waals surface area contributed by atoms with Crippen molar-refractivity contribution >= 4 is 46.4 Å². The number of pyridine rings is 1. The van der Waals surface area contributed by atoms with Crippen LogP contribution in [0.15, 0.2) is 30.4 Å². The first-order chi connectivity index (χ1) is 28.6. The van der Waals surface area contributed by atoms with Gasteiger partial charge in [-0.1, -0.05) is 36.6 Å². The van der Waals surface area contributed by atoms with E-state index in [9.17, 15) is 19.2 Å². The number of amides is 3. The van der Waals surface area contributed by atoms with Gasteiger partial charge in [-0.2, -0.15) is 0 Å². The maximum atomic E-state index is 14.7. The number of esters is 1. The van der Waals surface area contributed by atoms with E-state index in [2.05, 4.69) is 15.5 Å². The summed E-state index contributed by atoms with van der Waals surface area (Å²) in [6.45, 7) is 6.46. The molecule has 0 spiro atoms. The Morgan fingerprint density at radius 2 is 1.85 bits per heavy atom. The van der Waals surface area contributed by atoms with Crippen molar-refractivity contribution < 1.29 is 47.6 Å². The number of benzene rings is 1. The normalized spacial score (nSPS) is 31.4. The predicted octanol–water partition coefficient (Wildman–Crippen LogP) is 4.81. The summed E-state index contributed by atoms with van der Waals surface area (Å²) in [5.41, 5.74) is -0.806. The number of ether oxygens (including phenoxy) is 6. The maximum Gasteiger partial charge on any atom is 0.408 e. The fourth-order valence-electron chi connectivity index (χ4n) is 9.30. The Morgan fingerprint density at radius 1 is 1.03 bits per heavy atom. The first-order valence-electron chi connectivity index (χ1n) is 21.4. The van der Waals surface area contributed by atoms with Gasteiger partial charge in [0.05, 0.1) is 33.5 Å². The number of allylic oxidation sites excluding steroid dienone is 1. The number of hydrogen-bond acceptors (Lipinski definition) is 12. The lowest BCUT2D eigenvalue weighted by Gasteiger charge is -2.29. The molecule has 16 heteroatoms. The van der Waals surface area contributed by atoms with Gasteiger partial charge in [-0.05, 0) is 75.8 Å². The van der Waals surface area contributed by atoms with E-state index in [0.717, 1.165) is 51.7 Å². The van der Waals surface area contributed by atoms with Crippen molar-refractivity contribution in [2.75, 3.05) is 59.7 Å². The van der Waals surface area contributed by atoms with E-state index in [4.69, 9.17) is 45.0 Å². The topological polar surface area (TPSA) is 167 Å². The number of methoxy groups -OCH3 is 1. The predicted molar refractivity (Wildman–Crippen MR) is 216 cm³/mol. The van der Waals surface area contributed by atoms with E-state index in [-0.39, 0.29) is 25.0 Å². The van der Waals surface area contributed by atoms with E-state index in [1.165, 1.54) is 18.4 Å². The average Bonchev–Trinajstić information content (AvgIpc) is 4.03. The van der Waals surface area contributed by atoms with Crippen LogP contribution in [0.1, 0.15) is 71.1 Å². The molecule has 1 aromatic carbocycles. The van der Waals surface area contributed by atoms with E-state index >= 15 is 0 Å². The second-order valence-corrected chi connectivity index (χ2v) is 17.1. The number of nitrogens with one attached hydrogen (secondary N) is 2. The Hall–Kier alpha value is -4.34. The largest absolute Gasteiger partial charge is 0.491 e. The zero-order chi connectivity index (χ0) is 41.1. The molecular weight excluding hydrogens is 782 g/mol. The van der Waals surface area contributed by atoms with Gasteiger partial charge in [0.2, 0.25) is 17.7 Å². The van der Waals surface area contributed by atoms with Crippen molar-refractivity contribution in [3.05, 3.63) is 35.4 Å². The first kappa shape index (κ1) is 41.4. The number of fused-ring (bicyclic) bond motifs is 4. The molecule has 59 heavy (non-hydrogen) atoms. The lowest BCUT2D eigenvalue weighted by molar-refractivity contribution is -0.148. The molecule has 3 aliphatic carbocycles. The summed E-state index contributed by atoms with van der Waals surface area (Å²) in [5, 5.41) is 6.77. The molecule has 0 bridgehead atoms. The quantitative estimate of drug-likeness (QED) is 0.235. The number of alkyl carbamates (subject to hydrolysis) is 1. The molecule has 3 saturated carbocycles. The number of halogens is 1. The van der Waals surface area contributed by atoms with E-state index < -0.39 is 47.6 Å². The molecule has 3 amide bonds. The van der Waals surface area contributed by atoms with Crippen molar-refractivity contribution in [3.63, 3.8) is 0 Å². The molecule has 8 atom stereocenters. The lowest BCUT2D eigenvalue weighted by Crippen LogP contribution is -2.56. The van der Waals surface area contributed by atoms with Crippen molar-refractivity contribution in [3.8, 4) is 17.4 Å². The summed E-state index contributed by atoms with van der Waals surface area (Å²) >= 11 is 6.95. The van der Waals surface area contributed by atoms with Crippen LogP contribution in [0, 0.1) is 17.8 Å². The number of carbonyl (C=O) groups excluding carboxylic acids is 4. The Labute approximate surface area is 349 Å². The highest BCUT2D eigenvalue weighted by Gasteiger charge is 2.62. The summed E-state index contributed by atoms with van der Waals surface area (Å²) < 4.78 is 35.1. The van der Waals surface area contributed by atoms with Gasteiger partial charge in [0.15, 0.2) is 0 Å². The van der Waals surface area contributed by atoms with Gasteiger partial charge in [-0.3, -0.25) is 14.5 Å². The van der Waals surface area contributed by atoms with Crippen LogP contribution in [-0.4, -0.2) is 128 Å². The van der Waals surface area contributed by atoms with Crippen LogP contribution in [0.5, 0.6) is 17.4 Å². The fourth-order valence-corrected chi connectivity index (χ4v) is 9.57. The van der Waals surface area contributed by atoms with Crippen LogP contribution in [0.25, 0.3) is 10.9 Å². The highest BCUT2D eigenvalue weighted by molar-refractivity contribution is 6.36. The molecule has 6 aliphatic rings. The molecule has 1 aromatic heterocycles. The number of rotatable bonds is 11. The summed E-state index contributed by atoms with van der Waals surface area (Å²) in [6.07, 6.45) is 9.51. The third-order valence-corrected chi connectivity index (χ3v) is 13.1. The van der Waals surface area contributed by atoms with Crippen molar-refractivity contribution in [2.45, 2.75) is 101 Å². The zero-order valence-electron chi connectivity index (χ0n) is 34.0.